The number of benzene rings is 3. The first-order chi connectivity index (χ1) is 12.3. The molecule has 25 heavy (non-hydrogen) atoms. The van der Waals surface area contributed by atoms with Gasteiger partial charge in [-0.25, -0.2) is 0 Å². The van der Waals surface area contributed by atoms with Gasteiger partial charge in [0.05, 0.1) is 28.2 Å². The summed E-state index contributed by atoms with van der Waals surface area (Å²) < 4.78 is 2.21. The van der Waals surface area contributed by atoms with Crippen molar-refractivity contribution in [3.63, 3.8) is 0 Å². The third kappa shape index (κ3) is 1.86. The molecule has 118 valence electrons. The molecular formula is C22H15N3. The Morgan fingerprint density at radius 3 is 1.76 bits per heavy atom. The highest BCUT2D eigenvalue weighted by Crippen LogP contribution is 2.36. The largest absolute Gasteiger partial charge is 0.309 e. The van der Waals surface area contributed by atoms with Gasteiger partial charge in [0.25, 0.3) is 0 Å². The summed E-state index contributed by atoms with van der Waals surface area (Å²) in [6, 6.07) is 24.6. The van der Waals surface area contributed by atoms with Crippen LogP contribution in [-0.2, 0) is 0 Å². The summed E-state index contributed by atoms with van der Waals surface area (Å²) in [4.78, 5) is 0. The SMILES string of the molecule is N=C1C=C(n2c3ccccc3c3ccccc32)c2ccccc2C1=N. The molecule has 1 aliphatic carbocycles. The van der Waals surface area contributed by atoms with Gasteiger partial charge in [0.1, 0.15) is 0 Å². The Kier molecular flexibility index (Phi) is 2.80. The zero-order valence-corrected chi connectivity index (χ0v) is 13.5. The Morgan fingerprint density at radius 2 is 1.12 bits per heavy atom. The average molecular weight is 321 g/mol. The van der Waals surface area contributed by atoms with Crippen LogP contribution in [0.1, 0.15) is 11.1 Å². The molecule has 0 radical (unpaired) electrons. The molecular weight excluding hydrogens is 306 g/mol. The summed E-state index contributed by atoms with van der Waals surface area (Å²) >= 11 is 0. The van der Waals surface area contributed by atoms with Gasteiger partial charge in [-0.15, -0.1) is 0 Å². The van der Waals surface area contributed by atoms with Crippen molar-refractivity contribution in [3.05, 3.63) is 90.0 Å². The summed E-state index contributed by atoms with van der Waals surface area (Å²) in [5.74, 6) is 0. The molecule has 0 amide bonds. The van der Waals surface area contributed by atoms with E-state index in [4.69, 9.17) is 10.8 Å². The molecule has 4 aromatic rings. The van der Waals surface area contributed by atoms with E-state index in [-0.39, 0.29) is 11.4 Å². The normalized spacial score (nSPS) is 14.0. The fraction of sp³-hybridized carbons (Fsp3) is 0. The van der Waals surface area contributed by atoms with Crippen LogP contribution in [0.3, 0.4) is 0 Å². The van der Waals surface area contributed by atoms with E-state index in [1.54, 1.807) is 0 Å². The van der Waals surface area contributed by atoms with E-state index in [0.29, 0.717) is 0 Å². The first kappa shape index (κ1) is 13.9. The van der Waals surface area contributed by atoms with Crippen LogP contribution in [0.4, 0.5) is 0 Å². The Bertz CT molecular complexity index is 1170. The number of nitrogens with one attached hydrogen (secondary N) is 2. The number of nitrogens with zero attached hydrogens (tertiary/aromatic N) is 1. The van der Waals surface area contributed by atoms with Crippen LogP contribution in [0.2, 0.25) is 0 Å². The molecule has 1 aromatic heterocycles. The quantitative estimate of drug-likeness (QED) is 0.491. The maximum absolute atomic E-state index is 8.26. The van der Waals surface area contributed by atoms with Crippen molar-refractivity contribution in [1.29, 1.82) is 10.8 Å². The maximum Gasteiger partial charge on any atom is 0.0869 e. The average Bonchev–Trinajstić information content (AvgIpc) is 2.99. The van der Waals surface area contributed by atoms with Gasteiger partial charge in [0.2, 0.25) is 0 Å². The molecule has 3 aromatic carbocycles. The van der Waals surface area contributed by atoms with Crippen LogP contribution in [0.5, 0.6) is 0 Å². The summed E-state index contributed by atoms with van der Waals surface area (Å²) in [6.45, 7) is 0. The van der Waals surface area contributed by atoms with Crippen molar-refractivity contribution >= 4 is 38.9 Å². The molecule has 0 saturated carbocycles. The van der Waals surface area contributed by atoms with E-state index in [9.17, 15) is 0 Å². The van der Waals surface area contributed by atoms with E-state index in [2.05, 4.69) is 41.0 Å². The Labute approximate surface area is 144 Å². The first-order valence-electron chi connectivity index (χ1n) is 8.23. The van der Waals surface area contributed by atoms with Gasteiger partial charge < -0.3 is 4.57 Å². The summed E-state index contributed by atoms with van der Waals surface area (Å²) in [7, 11) is 0. The lowest BCUT2D eigenvalue weighted by molar-refractivity contribution is 1.21. The topological polar surface area (TPSA) is 52.6 Å². The van der Waals surface area contributed by atoms with E-state index in [0.717, 1.165) is 27.9 Å². The molecule has 0 atom stereocenters. The van der Waals surface area contributed by atoms with Crippen LogP contribution < -0.4 is 0 Å². The van der Waals surface area contributed by atoms with Crippen LogP contribution in [-0.4, -0.2) is 16.0 Å². The Morgan fingerprint density at radius 1 is 0.600 bits per heavy atom. The highest BCUT2D eigenvalue weighted by atomic mass is 15.0. The number of hydrogen-bond donors (Lipinski definition) is 2. The van der Waals surface area contributed by atoms with Crippen molar-refractivity contribution in [2.75, 3.05) is 0 Å². The van der Waals surface area contributed by atoms with Gasteiger partial charge in [-0.1, -0.05) is 60.7 Å². The van der Waals surface area contributed by atoms with E-state index in [1.165, 1.54) is 10.8 Å². The monoisotopic (exact) mass is 321 g/mol. The lowest BCUT2D eigenvalue weighted by Gasteiger charge is -2.21. The number of fused-ring (bicyclic) bond motifs is 4. The number of allylic oxidation sites excluding steroid dienone is 1. The molecule has 0 saturated heterocycles. The molecule has 0 aliphatic heterocycles. The zero-order chi connectivity index (χ0) is 17.0. The number of rotatable bonds is 1. The van der Waals surface area contributed by atoms with Crippen molar-refractivity contribution in [2.24, 2.45) is 0 Å². The summed E-state index contributed by atoms with van der Waals surface area (Å²) in [5, 5.41) is 18.9. The minimum atomic E-state index is 0.246. The van der Waals surface area contributed by atoms with Gasteiger partial charge in [0, 0.05) is 21.9 Å². The lowest BCUT2D eigenvalue weighted by atomic mass is 9.91. The molecule has 1 heterocycles. The third-order valence-corrected chi connectivity index (χ3v) is 4.84. The van der Waals surface area contributed by atoms with Gasteiger partial charge in [-0.05, 0) is 18.2 Å². The lowest BCUT2D eigenvalue weighted by Crippen LogP contribution is -2.20. The summed E-state index contributed by atoms with van der Waals surface area (Å²) in [6.07, 6.45) is 1.81. The molecule has 5 rings (SSSR count). The van der Waals surface area contributed by atoms with Gasteiger partial charge in [-0.2, -0.15) is 0 Å². The molecule has 0 fully saturated rings. The molecule has 1 aliphatic rings. The highest BCUT2D eigenvalue weighted by Gasteiger charge is 2.23. The molecule has 0 bridgehead atoms. The number of hydrogen-bond acceptors (Lipinski definition) is 2. The second kappa shape index (κ2) is 5.02. The fourth-order valence-electron chi connectivity index (χ4n) is 3.72. The molecule has 2 N–H and O–H groups in total. The van der Waals surface area contributed by atoms with E-state index < -0.39 is 0 Å². The minimum Gasteiger partial charge on any atom is -0.309 e. The van der Waals surface area contributed by atoms with Gasteiger partial charge >= 0.3 is 0 Å². The summed E-state index contributed by atoms with van der Waals surface area (Å²) in [5.41, 5.74) is 5.52. The number of aromatic nitrogens is 1. The van der Waals surface area contributed by atoms with Gasteiger partial charge in [0.15, 0.2) is 0 Å². The highest BCUT2D eigenvalue weighted by molar-refractivity contribution is 6.52. The standard InChI is InChI=1S/C22H15N3/c23-18-13-21(16-9-1-2-10-17(16)22(18)24)25-19-11-5-3-7-14(19)15-8-4-6-12-20(15)25/h1-13,23-24H. The third-order valence-electron chi connectivity index (χ3n) is 4.84. The fourth-order valence-corrected chi connectivity index (χ4v) is 3.72. The molecule has 0 unspecified atom stereocenters. The predicted molar refractivity (Wildman–Crippen MR) is 104 cm³/mol. The van der Waals surface area contributed by atoms with Crippen LogP contribution in [0.15, 0.2) is 78.9 Å². The van der Waals surface area contributed by atoms with Gasteiger partial charge in [-0.3, -0.25) is 10.8 Å². The zero-order valence-electron chi connectivity index (χ0n) is 13.5. The second-order valence-electron chi connectivity index (χ2n) is 6.23. The van der Waals surface area contributed by atoms with Crippen molar-refractivity contribution < 1.29 is 0 Å². The van der Waals surface area contributed by atoms with Crippen LogP contribution >= 0.6 is 0 Å². The molecule has 3 nitrogen and oxygen atoms in total. The molecule has 0 spiro atoms. The van der Waals surface area contributed by atoms with Crippen molar-refractivity contribution in [1.82, 2.24) is 4.57 Å². The smallest absolute Gasteiger partial charge is 0.0869 e. The predicted octanol–water partition coefficient (Wildman–Crippen LogP) is 5.08. The first-order valence-corrected chi connectivity index (χ1v) is 8.23. The Balaban J connectivity index is 1.95. The Hall–Kier alpha value is -3.46. The van der Waals surface area contributed by atoms with Crippen LogP contribution in [0.25, 0.3) is 27.5 Å². The maximum atomic E-state index is 8.26. The second-order valence-corrected chi connectivity index (χ2v) is 6.23. The van der Waals surface area contributed by atoms with Crippen molar-refractivity contribution in [2.45, 2.75) is 0 Å². The van der Waals surface area contributed by atoms with E-state index >= 15 is 0 Å². The minimum absolute atomic E-state index is 0.246. The molecule has 3 heteroatoms. The number of para-hydroxylation sites is 2. The van der Waals surface area contributed by atoms with E-state index in [1.807, 2.05) is 42.5 Å². The van der Waals surface area contributed by atoms with Crippen molar-refractivity contribution in [3.8, 4) is 0 Å². The van der Waals surface area contributed by atoms with Crippen LogP contribution in [0, 0.1) is 10.8 Å².